The molecule has 0 saturated carbocycles. The molecular weight excluding hydrogens is 278 g/mol. The number of aliphatic hydroxyl groups is 1. The molecule has 0 amide bonds. The second-order valence-electron chi connectivity index (χ2n) is 4.98. The van der Waals surface area contributed by atoms with Crippen LogP contribution in [0.2, 0.25) is 0 Å². The zero-order valence-corrected chi connectivity index (χ0v) is 11.9. The molecule has 0 aromatic heterocycles. The van der Waals surface area contributed by atoms with Gasteiger partial charge in [-0.05, 0) is 56.5 Å². The van der Waals surface area contributed by atoms with Crippen LogP contribution in [0.4, 0.5) is 0 Å². The molecule has 1 atom stereocenters. The second-order valence-corrected chi connectivity index (χ2v) is 5.90. The summed E-state index contributed by atoms with van der Waals surface area (Å²) in [5, 5.41) is 9.56. The zero-order valence-electron chi connectivity index (χ0n) is 10.3. The van der Waals surface area contributed by atoms with Crippen molar-refractivity contribution in [1.29, 1.82) is 0 Å². The predicted octanol–water partition coefficient (Wildman–Crippen LogP) is 3.04. The first-order chi connectivity index (χ1) is 8.15. The van der Waals surface area contributed by atoms with Gasteiger partial charge < -0.3 is 5.11 Å². The Labute approximate surface area is 112 Å². The van der Waals surface area contributed by atoms with Crippen LogP contribution in [0.5, 0.6) is 0 Å². The standard InChI is InChI=1S/C14H20BrNO/c1-11(17)13-6-8-16(9-7-13)10-12-2-4-14(15)5-3-12/h2-5,11,13,17H,6-10H2,1H3. The summed E-state index contributed by atoms with van der Waals surface area (Å²) >= 11 is 3.45. The maximum Gasteiger partial charge on any atom is 0.0541 e. The molecule has 0 bridgehead atoms. The molecule has 2 nitrogen and oxygen atoms in total. The Balaban J connectivity index is 1.84. The van der Waals surface area contributed by atoms with E-state index < -0.39 is 0 Å². The van der Waals surface area contributed by atoms with Crippen molar-refractivity contribution in [2.45, 2.75) is 32.4 Å². The van der Waals surface area contributed by atoms with E-state index in [4.69, 9.17) is 0 Å². The van der Waals surface area contributed by atoms with Crippen molar-refractivity contribution in [1.82, 2.24) is 4.90 Å². The fourth-order valence-electron chi connectivity index (χ4n) is 2.44. The van der Waals surface area contributed by atoms with E-state index in [2.05, 4.69) is 45.1 Å². The molecule has 1 saturated heterocycles. The van der Waals surface area contributed by atoms with Crippen LogP contribution in [0.25, 0.3) is 0 Å². The van der Waals surface area contributed by atoms with E-state index in [1.54, 1.807) is 0 Å². The molecule has 1 heterocycles. The molecule has 1 aliphatic heterocycles. The lowest BCUT2D eigenvalue weighted by atomic mass is 9.92. The lowest BCUT2D eigenvalue weighted by molar-refractivity contribution is 0.0695. The van der Waals surface area contributed by atoms with Crippen molar-refractivity contribution in [2.24, 2.45) is 5.92 Å². The lowest BCUT2D eigenvalue weighted by Crippen LogP contribution is -2.36. The molecule has 94 valence electrons. The number of aliphatic hydroxyl groups excluding tert-OH is 1. The Hall–Kier alpha value is -0.380. The fourth-order valence-corrected chi connectivity index (χ4v) is 2.71. The number of likely N-dealkylation sites (tertiary alicyclic amines) is 1. The third kappa shape index (κ3) is 3.80. The Morgan fingerprint density at radius 2 is 1.88 bits per heavy atom. The number of piperidine rings is 1. The van der Waals surface area contributed by atoms with Gasteiger partial charge in [0.1, 0.15) is 0 Å². The van der Waals surface area contributed by atoms with Crippen molar-refractivity contribution in [3.8, 4) is 0 Å². The third-order valence-corrected chi connectivity index (χ3v) is 4.16. The monoisotopic (exact) mass is 297 g/mol. The van der Waals surface area contributed by atoms with Gasteiger partial charge in [-0.15, -0.1) is 0 Å². The van der Waals surface area contributed by atoms with E-state index >= 15 is 0 Å². The second kappa shape index (κ2) is 5.98. The molecule has 17 heavy (non-hydrogen) atoms. The number of rotatable bonds is 3. The van der Waals surface area contributed by atoms with Crippen LogP contribution in [0, 0.1) is 5.92 Å². The summed E-state index contributed by atoms with van der Waals surface area (Å²) in [4.78, 5) is 2.47. The van der Waals surface area contributed by atoms with Gasteiger partial charge in [0.2, 0.25) is 0 Å². The van der Waals surface area contributed by atoms with Gasteiger partial charge in [0.05, 0.1) is 6.10 Å². The van der Waals surface area contributed by atoms with Crippen LogP contribution in [-0.2, 0) is 6.54 Å². The summed E-state index contributed by atoms with van der Waals surface area (Å²) in [7, 11) is 0. The number of hydrogen-bond donors (Lipinski definition) is 1. The maximum atomic E-state index is 9.56. The van der Waals surface area contributed by atoms with Crippen molar-refractivity contribution in [2.75, 3.05) is 13.1 Å². The summed E-state index contributed by atoms with van der Waals surface area (Å²) in [6.07, 6.45) is 2.09. The van der Waals surface area contributed by atoms with Gasteiger partial charge in [0.15, 0.2) is 0 Å². The average molecular weight is 298 g/mol. The molecule has 0 aliphatic carbocycles. The van der Waals surface area contributed by atoms with Gasteiger partial charge in [0.25, 0.3) is 0 Å². The predicted molar refractivity (Wildman–Crippen MR) is 73.8 cm³/mol. The van der Waals surface area contributed by atoms with Crippen LogP contribution in [0.15, 0.2) is 28.7 Å². The van der Waals surface area contributed by atoms with Gasteiger partial charge in [-0.3, -0.25) is 4.90 Å². The largest absolute Gasteiger partial charge is 0.393 e. The molecule has 1 aromatic rings. The van der Waals surface area contributed by atoms with E-state index in [1.807, 2.05) is 6.92 Å². The van der Waals surface area contributed by atoms with Crippen LogP contribution in [-0.4, -0.2) is 29.2 Å². The first-order valence-corrected chi connectivity index (χ1v) is 7.09. The van der Waals surface area contributed by atoms with Crippen molar-refractivity contribution in [3.63, 3.8) is 0 Å². The molecule has 1 unspecified atom stereocenters. The van der Waals surface area contributed by atoms with E-state index in [0.717, 1.165) is 36.9 Å². The highest BCUT2D eigenvalue weighted by Crippen LogP contribution is 2.22. The molecule has 0 spiro atoms. The SMILES string of the molecule is CC(O)C1CCN(Cc2ccc(Br)cc2)CC1. The first kappa shape index (κ1) is 13.1. The summed E-state index contributed by atoms with van der Waals surface area (Å²) in [6, 6.07) is 8.53. The first-order valence-electron chi connectivity index (χ1n) is 6.30. The maximum absolute atomic E-state index is 9.56. The van der Waals surface area contributed by atoms with Crippen molar-refractivity contribution < 1.29 is 5.11 Å². The summed E-state index contributed by atoms with van der Waals surface area (Å²) in [6.45, 7) is 5.14. The topological polar surface area (TPSA) is 23.5 Å². The minimum absolute atomic E-state index is 0.148. The van der Waals surface area contributed by atoms with Crippen LogP contribution < -0.4 is 0 Å². The number of benzene rings is 1. The van der Waals surface area contributed by atoms with Gasteiger partial charge >= 0.3 is 0 Å². The highest BCUT2D eigenvalue weighted by atomic mass is 79.9. The molecule has 1 fully saturated rings. The quantitative estimate of drug-likeness (QED) is 0.927. The fraction of sp³-hybridized carbons (Fsp3) is 0.571. The Morgan fingerprint density at radius 3 is 2.41 bits per heavy atom. The summed E-state index contributed by atoms with van der Waals surface area (Å²) in [5.74, 6) is 0.496. The number of hydrogen-bond acceptors (Lipinski definition) is 2. The van der Waals surface area contributed by atoms with Crippen LogP contribution in [0.3, 0.4) is 0 Å². The smallest absolute Gasteiger partial charge is 0.0541 e. The normalized spacial score (nSPS) is 20.4. The minimum atomic E-state index is -0.148. The Kier molecular flexibility index (Phi) is 4.60. The molecule has 2 rings (SSSR count). The average Bonchev–Trinajstić information content (AvgIpc) is 2.33. The molecule has 1 aromatic carbocycles. The lowest BCUT2D eigenvalue weighted by Gasteiger charge is -2.33. The van der Waals surface area contributed by atoms with E-state index in [-0.39, 0.29) is 6.10 Å². The number of nitrogens with zero attached hydrogens (tertiary/aromatic N) is 1. The summed E-state index contributed by atoms with van der Waals surface area (Å²) < 4.78 is 1.13. The molecule has 3 heteroatoms. The molecule has 0 radical (unpaired) electrons. The van der Waals surface area contributed by atoms with Gasteiger partial charge in [0, 0.05) is 11.0 Å². The highest BCUT2D eigenvalue weighted by molar-refractivity contribution is 9.10. The van der Waals surface area contributed by atoms with Gasteiger partial charge in [-0.2, -0.15) is 0 Å². The van der Waals surface area contributed by atoms with Gasteiger partial charge in [-0.1, -0.05) is 28.1 Å². The van der Waals surface area contributed by atoms with E-state index in [1.165, 1.54) is 5.56 Å². The van der Waals surface area contributed by atoms with Crippen LogP contribution >= 0.6 is 15.9 Å². The molecule has 1 aliphatic rings. The van der Waals surface area contributed by atoms with Crippen LogP contribution in [0.1, 0.15) is 25.3 Å². The van der Waals surface area contributed by atoms with Crippen molar-refractivity contribution in [3.05, 3.63) is 34.3 Å². The Morgan fingerprint density at radius 1 is 1.29 bits per heavy atom. The highest BCUT2D eigenvalue weighted by Gasteiger charge is 2.22. The minimum Gasteiger partial charge on any atom is -0.393 e. The third-order valence-electron chi connectivity index (χ3n) is 3.63. The van der Waals surface area contributed by atoms with Gasteiger partial charge in [-0.25, -0.2) is 0 Å². The van der Waals surface area contributed by atoms with Crippen molar-refractivity contribution >= 4 is 15.9 Å². The van der Waals surface area contributed by atoms with E-state index in [9.17, 15) is 5.11 Å². The Bertz CT molecular complexity index is 342. The zero-order chi connectivity index (χ0) is 12.3. The summed E-state index contributed by atoms with van der Waals surface area (Å²) in [5.41, 5.74) is 1.36. The van der Waals surface area contributed by atoms with E-state index in [0.29, 0.717) is 5.92 Å². The number of halogens is 1. The molecule has 1 N–H and O–H groups in total. The molecular formula is C14H20BrNO.